The van der Waals surface area contributed by atoms with Crippen LogP contribution in [0.1, 0.15) is 48.3 Å². The number of amides is 1. The van der Waals surface area contributed by atoms with Crippen LogP contribution < -0.4 is 5.32 Å². The molecule has 5 nitrogen and oxygen atoms in total. The largest absolute Gasteiger partial charge is 0.348 e. The van der Waals surface area contributed by atoms with Crippen molar-refractivity contribution in [2.75, 3.05) is 13.1 Å². The Morgan fingerprint density at radius 2 is 1.79 bits per heavy atom. The van der Waals surface area contributed by atoms with Crippen molar-refractivity contribution in [1.82, 2.24) is 19.8 Å². The third-order valence-corrected chi connectivity index (χ3v) is 6.51. The topological polar surface area (TPSA) is 50.2 Å². The fraction of sp³-hybridized carbons (Fsp3) is 0.417. The summed E-state index contributed by atoms with van der Waals surface area (Å²) in [5, 5.41) is 3.24. The normalized spacial score (nSPS) is 20.5. The molecule has 2 heterocycles. The van der Waals surface area contributed by atoms with Crippen LogP contribution in [0.3, 0.4) is 0 Å². The van der Waals surface area contributed by atoms with Crippen molar-refractivity contribution in [3.05, 3.63) is 59.9 Å². The molecule has 3 aromatic rings. The molecule has 1 N–H and O–H groups in total. The van der Waals surface area contributed by atoms with Crippen LogP contribution in [0.2, 0.25) is 0 Å². The number of aryl methyl sites for hydroxylation is 1. The minimum atomic E-state index is 0.0297. The van der Waals surface area contributed by atoms with E-state index < -0.39 is 0 Å². The Morgan fingerprint density at radius 1 is 1.03 bits per heavy atom. The van der Waals surface area contributed by atoms with Crippen molar-refractivity contribution in [3.63, 3.8) is 0 Å². The number of nitrogens with one attached hydrogen (secondary N) is 1. The van der Waals surface area contributed by atoms with Crippen LogP contribution in [-0.2, 0) is 0 Å². The molecule has 1 aliphatic heterocycles. The number of likely N-dealkylation sites (tertiary alicyclic amines) is 1. The molecule has 1 amide bonds. The summed E-state index contributed by atoms with van der Waals surface area (Å²) in [5.41, 5.74) is 3.82. The number of hydrogen-bond acceptors (Lipinski definition) is 3. The zero-order valence-corrected chi connectivity index (χ0v) is 17.0. The van der Waals surface area contributed by atoms with E-state index >= 15 is 0 Å². The SMILES string of the molecule is Cc1nc2ccccc2n1-c1ccc(C(=O)N[C@@H]2CCN(C3CCCC3)C2)cc1. The van der Waals surface area contributed by atoms with Gasteiger partial charge >= 0.3 is 0 Å². The van der Waals surface area contributed by atoms with Gasteiger partial charge in [0.2, 0.25) is 0 Å². The van der Waals surface area contributed by atoms with Crippen molar-refractivity contribution in [3.8, 4) is 5.69 Å². The summed E-state index contributed by atoms with van der Waals surface area (Å²) in [5.74, 6) is 0.975. The van der Waals surface area contributed by atoms with E-state index in [4.69, 9.17) is 0 Å². The average molecular weight is 389 g/mol. The molecule has 2 aliphatic rings. The zero-order chi connectivity index (χ0) is 19.8. The second-order valence-electron chi connectivity index (χ2n) is 8.42. The van der Waals surface area contributed by atoms with E-state index in [0.29, 0.717) is 0 Å². The summed E-state index contributed by atoms with van der Waals surface area (Å²) in [4.78, 5) is 20.0. The van der Waals surface area contributed by atoms with Crippen molar-refractivity contribution in [2.45, 2.75) is 51.1 Å². The minimum absolute atomic E-state index is 0.0297. The van der Waals surface area contributed by atoms with Crippen LogP contribution in [-0.4, -0.2) is 45.5 Å². The predicted octanol–water partition coefficient (Wildman–Crippen LogP) is 4.08. The summed E-state index contributed by atoms with van der Waals surface area (Å²) in [7, 11) is 0. The lowest BCUT2D eigenvalue weighted by atomic mass is 10.1. The summed E-state index contributed by atoms with van der Waals surface area (Å²) in [6.07, 6.45) is 6.42. The van der Waals surface area contributed by atoms with Crippen molar-refractivity contribution in [1.29, 1.82) is 0 Å². The highest BCUT2D eigenvalue weighted by atomic mass is 16.1. The van der Waals surface area contributed by atoms with Crippen LogP contribution in [0.5, 0.6) is 0 Å². The molecule has 0 radical (unpaired) electrons. The highest BCUT2D eigenvalue weighted by Gasteiger charge is 2.30. The third kappa shape index (κ3) is 3.55. The molecule has 5 heteroatoms. The standard InChI is InChI=1S/C24H28N4O/c1-17-25-22-8-4-5-9-23(22)28(17)21-12-10-18(11-13-21)24(29)26-19-14-15-27(16-19)20-6-2-3-7-20/h4-5,8-13,19-20H,2-3,6-7,14-16H2,1H3,(H,26,29)/t19-/m1/s1. The van der Waals surface area contributed by atoms with Crippen molar-refractivity contribution in [2.24, 2.45) is 0 Å². The monoisotopic (exact) mass is 388 g/mol. The van der Waals surface area contributed by atoms with Gasteiger partial charge in [-0.15, -0.1) is 0 Å². The molecule has 1 saturated carbocycles. The quantitative estimate of drug-likeness (QED) is 0.733. The van der Waals surface area contributed by atoms with Gasteiger partial charge in [0.1, 0.15) is 5.82 Å². The minimum Gasteiger partial charge on any atom is -0.348 e. The molecule has 0 bridgehead atoms. The molecule has 1 aromatic heterocycles. The van der Waals surface area contributed by atoms with Gasteiger partial charge < -0.3 is 5.32 Å². The smallest absolute Gasteiger partial charge is 0.251 e. The first-order valence-corrected chi connectivity index (χ1v) is 10.8. The Balaban J connectivity index is 1.28. The van der Waals surface area contributed by atoms with Crippen molar-refractivity contribution < 1.29 is 4.79 Å². The molecular formula is C24H28N4O. The summed E-state index contributed by atoms with van der Waals surface area (Å²) >= 11 is 0. The molecule has 29 heavy (non-hydrogen) atoms. The molecular weight excluding hydrogens is 360 g/mol. The van der Waals surface area contributed by atoms with Crippen LogP contribution in [0.25, 0.3) is 16.7 Å². The van der Waals surface area contributed by atoms with E-state index in [1.54, 1.807) is 0 Å². The maximum atomic E-state index is 12.8. The number of fused-ring (bicyclic) bond motifs is 1. The van der Waals surface area contributed by atoms with Crippen LogP contribution >= 0.6 is 0 Å². The maximum Gasteiger partial charge on any atom is 0.251 e. The lowest BCUT2D eigenvalue weighted by Gasteiger charge is -2.23. The number of aromatic nitrogens is 2. The van der Waals surface area contributed by atoms with E-state index in [-0.39, 0.29) is 11.9 Å². The average Bonchev–Trinajstić information content (AvgIpc) is 3.47. The second kappa shape index (κ2) is 7.64. The van der Waals surface area contributed by atoms with Gasteiger partial charge in [0, 0.05) is 36.4 Å². The van der Waals surface area contributed by atoms with E-state index in [9.17, 15) is 4.79 Å². The van der Waals surface area contributed by atoms with E-state index in [0.717, 1.165) is 53.7 Å². The fourth-order valence-electron chi connectivity index (χ4n) is 5.01. The van der Waals surface area contributed by atoms with Gasteiger partial charge in [0.05, 0.1) is 11.0 Å². The van der Waals surface area contributed by atoms with E-state index in [2.05, 4.69) is 25.8 Å². The molecule has 1 atom stereocenters. The molecule has 2 fully saturated rings. The lowest BCUT2D eigenvalue weighted by Crippen LogP contribution is -2.39. The Bertz CT molecular complexity index is 1020. The molecule has 5 rings (SSSR count). The Morgan fingerprint density at radius 3 is 2.59 bits per heavy atom. The second-order valence-corrected chi connectivity index (χ2v) is 8.42. The first-order chi connectivity index (χ1) is 14.2. The number of nitrogens with zero attached hydrogens (tertiary/aromatic N) is 3. The Labute approximate surface area is 171 Å². The number of imidazole rings is 1. The Kier molecular flexibility index (Phi) is 4.84. The molecule has 150 valence electrons. The van der Waals surface area contributed by atoms with Gasteiger partial charge in [-0.05, 0) is 62.6 Å². The molecule has 0 spiro atoms. The van der Waals surface area contributed by atoms with E-state index in [1.165, 1.54) is 25.7 Å². The van der Waals surface area contributed by atoms with Crippen LogP contribution in [0.15, 0.2) is 48.5 Å². The Hall–Kier alpha value is -2.66. The predicted molar refractivity (Wildman–Crippen MR) is 116 cm³/mol. The summed E-state index contributed by atoms with van der Waals surface area (Å²) < 4.78 is 2.13. The number of hydrogen-bond donors (Lipinski definition) is 1. The molecule has 1 saturated heterocycles. The number of carbonyl (C=O) groups is 1. The third-order valence-electron chi connectivity index (χ3n) is 6.51. The van der Waals surface area contributed by atoms with Crippen molar-refractivity contribution >= 4 is 16.9 Å². The fourth-order valence-corrected chi connectivity index (χ4v) is 5.01. The molecule has 0 unspecified atom stereocenters. The van der Waals surface area contributed by atoms with Gasteiger partial charge in [0.15, 0.2) is 0 Å². The summed E-state index contributed by atoms with van der Waals surface area (Å²) in [6, 6.07) is 17.0. The van der Waals surface area contributed by atoms with Gasteiger partial charge in [-0.2, -0.15) is 0 Å². The summed E-state index contributed by atoms with van der Waals surface area (Å²) in [6.45, 7) is 4.12. The highest BCUT2D eigenvalue weighted by Crippen LogP contribution is 2.27. The highest BCUT2D eigenvalue weighted by molar-refractivity contribution is 5.94. The molecule has 2 aromatic carbocycles. The van der Waals surface area contributed by atoms with Gasteiger partial charge in [-0.1, -0.05) is 25.0 Å². The van der Waals surface area contributed by atoms with Crippen LogP contribution in [0.4, 0.5) is 0 Å². The molecule has 1 aliphatic carbocycles. The number of rotatable bonds is 4. The van der Waals surface area contributed by atoms with E-state index in [1.807, 2.05) is 49.4 Å². The van der Waals surface area contributed by atoms with Gasteiger partial charge in [-0.3, -0.25) is 14.3 Å². The number of carbonyl (C=O) groups excluding carboxylic acids is 1. The maximum absolute atomic E-state index is 12.8. The van der Waals surface area contributed by atoms with Gasteiger partial charge in [0.25, 0.3) is 5.91 Å². The van der Waals surface area contributed by atoms with Gasteiger partial charge in [-0.25, -0.2) is 4.98 Å². The number of para-hydroxylation sites is 2. The lowest BCUT2D eigenvalue weighted by molar-refractivity contribution is 0.0936. The van der Waals surface area contributed by atoms with Crippen LogP contribution in [0, 0.1) is 6.92 Å². The first-order valence-electron chi connectivity index (χ1n) is 10.8. The zero-order valence-electron chi connectivity index (χ0n) is 17.0. The number of benzene rings is 2. The first kappa shape index (κ1) is 18.4.